The Morgan fingerprint density at radius 3 is 2.73 bits per heavy atom. The smallest absolute Gasteiger partial charge is 0.132 e. The molecule has 3 rings (SSSR count). The molecular formula is C16H18FN5. The number of nitrogens with zero attached hydrogens (tertiary/aromatic N) is 3. The van der Waals surface area contributed by atoms with Crippen LogP contribution >= 0.6 is 0 Å². The van der Waals surface area contributed by atoms with Crippen molar-refractivity contribution in [1.82, 2.24) is 25.1 Å². The summed E-state index contributed by atoms with van der Waals surface area (Å²) in [4.78, 5) is 9.61. The predicted octanol–water partition coefficient (Wildman–Crippen LogP) is 2.88. The van der Waals surface area contributed by atoms with Crippen LogP contribution in [-0.4, -0.2) is 32.1 Å². The number of nitrogens with one attached hydrogen (secondary N) is 2. The number of hydrogen-bond donors (Lipinski definition) is 2. The number of aromatic amines is 2. The summed E-state index contributed by atoms with van der Waals surface area (Å²) in [7, 11) is 2.00. The molecule has 0 spiro atoms. The van der Waals surface area contributed by atoms with Gasteiger partial charge in [0.15, 0.2) is 0 Å². The number of rotatable bonds is 5. The first-order valence-electron chi connectivity index (χ1n) is 7.09. The van der Waals surface area contributed by atoms with E-state index < -0.39 is 0 Å². The Hall–Kier alpha value is -2.47. The second-order valence-corrected chi connectivity index (χ2v) is 5.44. The summed E-state index contributed by atoms with van der Waals surface area (Å²) < 4.78 is 13.9. The summed E-state index contributed by atoms with van der Waals surface area (Å²) in [5, 5.41) is 6.96. The summed E-state index contributed by atoms with van der Waals surface area (Å²) in [6.07, 6.45) is 3.55. The quantitative estimate of drug-likeness (QED) is 0.761. The highest BCUT2D eigenvalue weighted by molar-refractivity contribution is 5.63. The van der Waals surface area contributed by atoms with Crippen molar-refractivity contribution >= 4 is 0 Å². The topological polar surface area (TPSA) is 60.6 Å². The SMILES string of the molecule is Cc1cnc(CN(C)Cc2cn[nH]c2-c2ccccc2F)[nH]1. The molecule has 2 aromatic heterocycles. The van der Waals surface area contributed by atoms with E-state index in [-0.39, 0.29) is 5.82 Å². The molecule has 3 aromatic rings. The minimum atomic E-state index is -0.252. The fourth-order valence-electron chi connectivity index (χ4n) is 2.48. The summed E-state index contributed by atoms with van der Waals surface area (Å²) in [5.74, 6) is 0.660. The van der Waals surface area contributed by atoms with Gasteiger partial charge in [0.25, 0.3) is 0 Å². The van der Waals surface area contributed by atoms with Gasteiger partial charge in [0.1, 0.15) is 11.6 Å². The lowest BCUT2D eigenvalue weighted by atomic mass is 10.1. The Balaban J connectivity index is 1.76. The zero-order valence-corrected chi connectivity index (χ0v) is 12.6. The van der Waals surface area contributed by atoms with E-state index in [1.807, 2.05) is 26.2 Å². The molecule has 0 unspecified atom stereocenters. The van der Waals surface area contributed by atoms with Crippen LogP contribution in [0.15, 0.2) is 36.7 Å². The van der Waals surface area contributed by atoms with E-state index in [4.69, 9.17) is 0 Å². The molecule has 2 N–H and O–H groups in total. The first-order chi connectivity index (χ1) is 10.6. The molecule has 6 heteroatoms. The zero-order valence-electron chi connectivity index (χ0n) is 12.6. The van der Waals surface area contributed by atoms with E-state index in [1.54, 1.807) is 18.3 Å². The third kappa shape index (κ3) is 3.07. The summed E-state index contributed by atoms with van der Waals surface area (Å²) in [6.45, 7) is 3.32. The predicted molar refractivity (Wildman–Crippen MR) is 82.5 cm³/mol. The van der Waals surface area contributed by atoms with Crippen LogP contribution in [0.4, 0.5) is 4.39 Å². The van der Waals surface area contributed by atoms with Crippen molar-refractivity contribution in [2.45, 2.75) is 20.0 Å². The number of imidazole rings is 1. The second-order valence-electron chi connectivity index (χ2n) is 5.44. The minimum absolute atomic E-state index is 0.252. The summed E-state index contributed by atoms with van der Waals surface area (Å²) >= 11 is 0. The number of hydrogen-bond acceptors (Lipinski definition) is 3. The Morgan fingerprint density at radius 1 is 1.18 bits per heavy atom. The molecule has 22 heavy (non-hydrogen) atoms. The van der Waals surface area contributed by atoms with Crippen molar-refractivity contribution < 1.29 is 4.39 Å². The Labute approximate surface area is 128 Å². The van der Waals surface area contributed by atoms with Crippen molar-refractivity contribution in [3.05, 3.63) is 59.6 Å². The van der Waals surface area contributed by atoms with Gasteiger partial charge in [-0.25, -0.2) is 9.37 Å². The average Bonchev–Trinajstić information content (AvgIpc) is 3.09. The lowest BCUT2D eigenvalue weighted by Gasteiger charge is -2.15. The van der Waals surface area contributed by atoms with Crippen molar-refractivity contribution in [3.63, 3.8) is 0 Å². The highest BCUT2D eigenvalue weighted by Gasteiger charge is 2.13. The Bertz CT molecular complexity index is 761. The van der Waals surface area contributed by atoms with Gasteiger partial charge in [0.05, 0.1) is 18.4 Å². The fourth-order valence-corrected chi connectivity index (χ4v) is 2.48. The van der Waals surface area contributed by atoms with E-state index in [0.717, 1.165) is 22.8 Å². The maximum absolute atomic E-state index is 13.9. The molecule has 0 aliphatic carbocycles. The third-order valence-electron chi connectivity index (χ3n) is 3.48. The molecule has 0 atom stereocenters. The van der Waals surface area contributed by atoms with Crippen LogP contribution in [0.25, 0.3) is 11.3 Å². The van der Waals surface area contributed by atoms with Gasteiger partial charge in [0, 0.05) is 29.6 Å². The molecule has 0 aliphatic heterocycles. The van der Waals surface area contributed by atoms with Gasteiger partial charge in [0.2, 0.25) is 0 Å². The first-order valence-corrected chi connectivity index (χ1v) is 7.09. The standard InChI is InChI=1S/C16H18FN5/c1-11-7-18-15(20-11)10-22(2)9-12-8-19-21-16(12)13-5-3-4-6-14(13)17/h3-8H,9-10H2,1-2H3,(H,18,20)(H,19,21). The molecule has 0 amide bonds. The van der Waals surface area contributed by atoms with Crippen LogP contribution in [0.5, 0.6) is 0 Å². The fraction of sp³-hybridized carbons (Fsp3) is 0.250. The van der Waals surface area contributed by atoms with Gasteiger partial charge >= 0.3 is 0 Å². The van der Waals surface area contributed by atoms with E-state index in [9.17, 15) is 4.39 Å². The Morgan fingerprint density at radius 2 is 2.00 bits per heavy atom. The lowest BCUT2D eigenvalue weighted by Crippen LogP contribution is -2.18. The average molecular weight is 299 g/mol. The molecule has 114 valence electrons. The van der Waals surface area contributed by atoms with E-state index in [1.165, 1.54) is 6.07 Å². The van der Waals surface area contributed by atoms with Crippen molar-refractivity contribution in [1.29, 1.82) is 0 Å². The minimum Gasteiger partial charge on any atom is -0.345 e. The molecule has 0 bridgehead atoms. The number of aryl methyl sites for hydroxylation is 1. The molecule has 0 aliphatic rings. The highest BCUT2D eigenvalue weighted by atomic mass is 19.1. The lowest BCUT2D eigenvalue weighted by molar-refractivity contribution is 0.312. The number of halogens is 1. The Kier molecular flexibility index (Phi) is 4.02. The van der Waals surface area contributed by atoms with Crippen molar-refractivity contribution in [2.24, 2.45) is 0 Å². The van der Waals surface area contributed by atoms with Gasteiger partial charge in [-0.05, 0) is 26.1 Å². The summed E-state index contributed by atoms with van der Waals surface area (Å²) in [5.41, 5.74) is 3.26. The molecule has 5 nitrogen and oxygen atoms in total. The number of aromatic nitrogens is 4. The number of H-pyrrole nitrogens is 2. The maximum Gasteiger partial charge on any atom is 0.132 e. The van der Waals surface area contributed by atoms with Crippen LogP contribution in [0.1, 0.15) is 17.1 Å². The molecule has 2 heterocycles. The molecule has 0 radical (unpaired) electrons. The van der Waals surface area contributed by atoms with Crippen LogP contribution in [0, 0.1) is 12.7 Å². The second kappa shape index (κ2) is 6.11. The molecular weight excluding hydrogens is 281 g/mol. The van der Waals surface area contributed by atoms with Gasteiger partial charge in [-0.2, -0.15) is 5.10 Å². The molecule has 0 saturated carbocycles. The van der Waals surface area contributed by atoms with Crippen molar-refractivity contribution in [3.8, 4) is 11.3 Å². The highest BCUT2D eigenvalue weighted by Crippen LogP contribution is 2.24. The molecule has 1 aromatic carbocycles. The van der Waals surface area contributed by atoms with Crippen LogP contribution in [0.3, 0.4) is 0 Å². The van der Waals surface area contributed by atoms with Crippen LogP contribution in [-0.2, 0) is 13.1 Å². The first kappa shape index (κ1) is 14.5. The van der Waals surface area contributed by atoms with E-state index >= 15 is 0 Å². The third-order valence-corrected chi connectivity index (χ3v) is 3.48. The van der Waals surface area contributed by atoms with Gasteiger partial charge < -0.3 is 4.98 Å². The van der Waals surface area contributed by atoms with E-state index in [2.05, 4.69) is 25.1 Å². The molecule has 0 saturated heterocycles. The van der Waals surface area contributed by atoms with E-state index in [0.29, 0.717) is 18.7 Å². The van der Waals surface area contributed by atoms with Crippen molar-refractivity contribution in [2.75, 3.05) is 7.05 Å². The maximum atomic E-state index is 13.9. The monoisotopic (exact) mass is 299 g/mol. The largest absolute Gasteiger partial charge is 0.345 e. The summed E-state index contributed by atoms with van der Waals surface area (Å²) in [6, 6.07) is 6.70. The van der Waals surface area contributed by atoms with Gasteiger partial charge in [-0.3, -0.25) is 10.00 Å². The molecule has 0 fully saturated rings. The van der Waals surface area contributed by atoms with Crippen LogP contribution in [0.2, 0.25) is 0 Å². The number of benzene rings is 1. The van der Waals surface area contributed by atoms with Gasteiger partial charge in [-0.15, -0.1) is 0 Å². The zero-order chi connectivity index (χ0) is 15.5. The van der Waals surface area contributed by atoms with Gasteiger partial charge in [-0.1, -0.05) is 12.1 Å². The normalized spacial score (nSPS) is 11.3. The van der Waals surface area contributed by atoms with Crippen LogP contribution < -0.4 is 0 Å².